The average molecular weight is 1690 g/mol. The minimum absolute atomic E-state index is 0. The van der Waals surface area contributed by atoms with E-state index in [1.165, 1.54) is 179 Å². The van der Waals surface area contributed by atoms with E-state index in [0.29, 0.717) is 142 Å². The zero-order valence-corrected chi connectivity index (χ0v) is 84.4. The Kier molecular flexibility index (Phi) is 38.0. The fourth-order valence-electron chi connectivity index (χ4n) is 24.3. The van der Waals surface area contributed by atoms with Crippen molar-refractivity contribution in [2.24, 2.45) is 116 Å². The number of aliphatic hydroxyl groups is 2. The minimum Gasteiger partial charge on any atom is -0.414 e. The molecule has 2 N–H and O–H groups in total. The number of carbonyl (C=O) groups excluding carboxylic acids is 3. The molecular formula is C97H197FO10Si5. The van der Waals surface area contributed by atoms with Gasteiger partial charge in [-0.15, -0.1) is 0 Å². The maximum atomic E-state index is 11.3. The summed E-state index contributed by atoms with van der Waals surface area (Å²) in [5.74, 6) is 7.84. The second-order valence-electron chi connectivity index (χ2n) is 48.3. The zero-order chi connectivity index (χ0) is 83.8. The molecule has 10 fully saturated rings. The van der Waals surface area contributed by atoms with Gasteiger partial charge in [-0.05, 0) is 317 Å². The second kappa shape index (κ2) is 40.2. The second-order valence-corrected chi connectivity index (χ2v) is 72.1. The lowest BCUT2D eigenvalue weighted by Gasteiger charge is -2.49. The quantitative estimate of drug-likeness (QED) is 0.0895. The highest BCUT2D eigenvalue weighted by Crippen LogP contribution is 2.65. The van der Waals surface area contributed by atoms with Gasteiger partial charge in [0.15, 0.2) is 41.6 Å². The van der Waals surface area contributed by atoms with Gasteiger partial charge in [0.2, 0.25) is 0 Å². The normalized spacial score (nSPS) is 36.8. The lowest BCUT2D eigenvalue weighted by molar-refractivity contribution is -0.115. The van der Waals surface area contributed by atoms with E-state index in [1.807, 2.05) is 0 Å². The van der Waals surface area contributed by atoms with Crippen LogP contribution in [0.5, 0.6) is 0 Å². The highest BCUT2D eigenvalue weighted by atomic mass is 28.4. The van der Waals surface area contributed by atoms with Crippen LogP contribution in [0, 0.1) is 116 Å². The summed E-state index contributed by atoms with van der Waals surface area (Å²) < 4.78 is 34.2. The Balaban J connectivity index is 0.000000711. The van der Waals surface area contributed by atoms with Gasteiger partial charge >= 0.3 is 0 Å². The average Bonchev–Trinajstić information content (AvgIpc) is 1.64. The third-order valence-corrected chi connectivity index (χ3v) is 59.0. The topological polar surface area (TPSA) is 138 Å². The van der Waals surface area contributed by atoms with Crippen molar-refractivity contribution in [1.29, 1.82) is 0 Å². The van der Waals surface area contributed by atoms with Gasteiger partial charge in [0, 0.05) is 64.3 Å². The maximum Gasteiger partial charge on any atom is 0.192 e. The van der Waals surface area contributed by atoms with Crippen molar-refractivity contribution < 1.29 is 54.3 Å². The number of rotatable bonds is 20. The predicted molar refractivity (Wildman–Crippen MR) is 500 cm³/mol. The molecule has 0 unspecified atom stereocenters. The van der Waals surface area contributed by atoms with Crippen LogP contribution in [0.4, 0.5) is 4.70 Å². The summed E-state index contributed by atoms with van der Waals surface area (Å²) in [5, 5.41) is 20.7. The van der Waals surface area contributed by atoms with Crippen molar-refractivity contribution in [2.75, 3.05) is 13.2 Å². The number of halogens is 1. The molecule has 0 amide bonds. The largest absolute Gasteiger partial charge is 0.414 e. The molecule has 0 radical (unpaired) electrons. The first-order valence-electron chi connectivity index (χ1n) is 46.1. The van der Waals surface area contributed by atoms with Crippen LogP contribution < -0.4 is 0 Å². The Labute approximate surface area is 709 Å². The monoisotopic (exact) mass is 1680 g/mol. The molecule has 16 heteroatoms. The van der Waals surface area contributed by atoms with Crippen molar-refractivity contribution in [3.05, 3.63) is 0 Å². The third kappa shape index (κ3) is 23.4. The predicted octanol–water partition coefficient (Wildman–Crippen LogP) is 28.6. The van der Waals surface area contributed by atoms with E-state index in [1.54, 1.807) is 0 Å². The van der Waals surface area contributed by atoms with E-state index in [-0.39, 0.29) is 65.4 Å². The molecule has 10 saturated carbocycles. The van der Waals surface area contributed by atoms with Crippen molar-refractivity contribution in [1.82, 2.24) is 0 Å². The van der Waals surface area contributed by atoms with E-state index in [0.717, 1.165) is 0 Å². The Morgan fingerprint density at radius 1 is 0.310 bits per heavy atom. The molecule has 672 valence electrons. The van der Waals surface area contributed by atoms with E-state index in [9.17, 15) is 24.6 Å². The van der Waals surface area contributed by atoms with Gasteiger partial charge in [-0.25, -0.2) is 0 Å². The van der Waals surface area contributed by atoms with Gasteiger partial charge in [0.05, 0.1) is 0 Å². The molecule has 0 bridgehead atoms. The zero-order valence-electron chi connectivity index (χ0n) is 79.4. The summed E-state index contributed by atoms with van der Waals surface area (Å²) in [6.45, 7) is 82.6. The van der Waals surface area contributed by atoms with Gasteiger partial charge in [-0.2, -0.15) is 0 Å². The summed E-state index contributed by atoms with van der Waals surface area (Å²) in [4.78, 5) is 34.0. The van der Waals surface area contributed by atoms with Crippen molar-refractivity contribution in [3.8, 4) is 0 Å². The van der Waals surface area contributed by atoms with Crippen LogP contribution in [-0.2, 0) is 36.5 Å². The van der Waals surface area contributed by atoms with Crippen molar-refractivity contribution in [2.45, 2.75) is 470 Å². The van der Waals surface area contributed by atoms with E-state index >= 15 is 0 Å². The minimum atomic E-state index is -1.71. The molecule has 0 aromatic carbocycles. The lowest BCUT2D eigenvalue weighted by Crippen LogP contribution is -2.50. The van der Waals surface area contributed by atoms with Crippen LogP contribution in [0.1, 0.15) is 351 Å². The molecule has 0 saturated heterocycles. The number of hydrogen-bond acceptors (Lipinski definition) is 10. The molecule has 10 nitrogen and oxygen atoms in total. The summed E-state index contributed by atoms with van der Waals surface area (Å²) in [5.41, 5.74) is 1.70. The number of aldehydes is 3. The Hall–Kier alpha value is -0.256. The van der Waals surface area contributed by atoms with Crippen molar-refractivity contribution >= 4 is 60.4 Å². The first-order valence-corrected chi connectivity index (χ1v) is 60.6. The Morgan fingerprint density at radius 2 is 0.460 bits per heavy atom. The van der Waals surface area contributed by atoms with Crippen LogP contribution in [0.3, 0.4) is 0 Å². The van der Waals surface area contributed by atoms with Gasteiger partial charge in [0.1, 0.15) is 18.9 Å². The fraction of sp³-hybridized carbons (Fsp3) is 0.969. The summed E-state index contributed by atoms with van der Waals surface area (Å²) in [6, 6.07) is 0. The van der Waals surface area contributed by atoms with Crippen LogP contribution in [0.15, 0.2) is 0 Å². The molecule has 113 heavy (non-hydrogen) atoms. The molecule has 10 rings (SSSR count). The Morgan fingerprint density at radius 3 is 0.602 bits per heavy atom. The molecule has 0 spiro atoms. The standard InChI is InChI=1S/2C19H38O2Si.3C19H36O2Si.2CH4.FH.2H2/c5*1-14(13-20)15-10-11-16-17(9-8-12-19(15,16)5)21-22(6,7)18(2,3)4;;;;;/h2*14-17,20H,8-13H2,1-7H3;3*13-17H,8-12H2,1-7H3;2*1H4;3*1H/t14-,15+,16-,17-,19+;14-,15-,16+,17+,19-;14-,15+,16-,17-,19+;2*14-,15-,16+,17+,19-;;;;;/m01011...../s1/i;;;;;;;;2*1+1. The summed E-state index contributed by atoms with van der Waals surface area (Å²) in [7, 11) is -8.52. The van der Waals surface area contributed by atoms with Gasteiger partial charge < -0.3 is 46.7 Å². The number of hydrogen-bond donors (Lipinski definition) is 2. The summed E-state index contributed by atoms with van der Waals surface area (Å²) >= 11 is 0. The van der Waals surface area contributed by atoms with Crippen molar-refractivity contribution in [3.63, 3.8) is 0 Å². The fourth-order valence-corrected chi connectivity index (χ4v) is 31.2. The lowest BCUT2D eigenvalue weighted by atomic mass is 9.62. The van der Waals surface area contributed by atoms with E-state index in [2.05, 4.69) is 239 Å². The van der Waals surface area contributed by atoms with Crippen LogP contribution >= 0.6 is 0 Å². The maximum absolute atomic E-state index is 11.3. The highest BCUT2D eigenvalue weighted by Gasteiger charge is 2.61. The molecule has 10 aliphatic rings. The van der Waals surface area contributed by atoms with Crippen LogP contribution in [0.2, 0.25) is 90.7 Å². The first-order chi connectivity index (χ1) is 50.1. The SMILES string of the molecule is C.C.C[C@@H](C=O)[C@H]1CC[C@H]2[C@@H](O[Si](C)(C)C(C)(C)C)CCC[C@]12C.C[C@@H](CO)[C@H]1CC[C@H]2[C@@H](O[Si](C)(C)C(C)(C)C)CCC[C@]12C.C[C@H](C=O)[C@H]1CC[C@H]2[C@@H](O[Si](C)(C)C(C)(C)C)CCC[C@]12C.C[C@H](C=O)[C@H]1CC[C@H]2[C@@H](O[Si](C)(C)C(C)(C)C)CCC[C@]12C.C[C@H](CO)[C@H]1CC[C@H]2[C@@H](O[Si](C)(C)C(C)(C)C)CCC[C@]12C.F.[2HH].[2HH]. The van der Waals surface area contributed by atoms with Gasteiger partial charge in [0.25, 0.3) is 0 Å². The smallest absolute Gasteiger partial charge is 0.192 e. The Bertz CT molecular complexity index is 2660. The molecule has 0 aromatic heterocycles. The number of carbonyl (C=O) groups is 3. The van der Waals surface area contributed by atoms with Crippen LogP contribution in [-0.4, -0.2) is 114 Å². The van der Waals surface area contributed by atoms with Crippen LogP contribution in [0.25, 0.3) is 0 Å². The molecule has 25 atom stereocenters. The first kappa shape index (κ1) is 107. The van der Waals surface area contributed by atoms with E-state index in [4.69, 9.17) is 22.1 Å². The van der Waals surface area contributed by atoms with E-state index < -0.39 is 41.6 Å². The molecule has 0 aromatic rings. The summed E-state index contributed by atoms with van der Waals surface area (Å²) in [6.07, 6.45) is 37.2. The number of aliphatic hydroxyl groups excluding tert-OH is 2. The molecule has 10 aliphatic carbocycles. The third-order valence-electron chi connectivity index (χ3n) is 36.4. The molecule has 0 heterocycles. The van der Waals surface area contributed by atoms with Gasteiger partial charge in [-0.1, -0.05) is 220 Å². The number of fused-ring (bicyclic) bond motifs is 5. The molecular weight excluding hydrogens is 1480 g/mol. The highest BCUT2D eigenvalue weighted by molar-refractivity contribution is 6.75. The molecule has 0 aliphatic heterocycles. The van der Waals surface area contributed by atoms with Gasteiger partial charge in [-0.3, -0.25) is 4.70 Å².